The van der Waals surface area contributed by atoms with Crippen LogP contribution in [0, 0.1) is 0 Å². The molecular weight excluding hydrogens is 546 g/mol. The maximum atomic E-state index is 13.2. The number of hydrogen-bond donors (Lipinski definition) is 4. The van der Waals surface area contributed by atoms with Crippen molar-refractivity contribution in [2.45, 2.75) is 36.6 Å². The van der Waals surface area contributed by atoms with Crippen molar-refractivity contribution < 1.29 is 27.5 Å². The first-order valence-corrected chi connectivity index (χ1v) is 14.5. The summed E-state index contributed by atoms with van der Waals surface area (Å²) in [5, 5.41) is 4.70. The van der Waals surface area contributed by atoms with Crippen LogP contribution in [0.1, 0.15) is 40.2 Å². The maximum Gasteiger partial charge on any atom is 0.328 e. The summed E-state index contributed by atoms with van der Waals surface area (Å²) in [5.74, 6) is -0.595. The third-order valence-corrected chi connectivity index (χ3v) is 8.61. The predicted octanol–water partition coefficient (Wildman–Crippen LogP) is 2.82. The lowest BCUT2D eigenvalue weighted by molar-refractivity contribution is -0.142. The van der Waals surface area contributed by atoms with E-state index < -0.39 is 45.3 Å². The Morgan fingerprint density at radius 1 is 0.951 bits per heavy atom. The monoisotopic (exact) mass is 575 g/mol. The Hall–Kier alpha value is -4.71. The topological polar surface area (TPSA) is 159 Å². The highest BCUT2D eigenvalue weighted by Crippen LogP contribution is 2.30. The number of aromatic amines is 1. The minimum Gasteiger partial charge on any atom is -0.467 e. The molecule has 0 bridgehead atoms. The van der Waals surface area contributed by atoms with Gasteiger partial charge in [-0.25, -0.2) is 23.0 Å². The number of para-hydroxylation sites is 2. The number of nitrogens with one attached hydrogen (secondary N) is 4. The van der Waals surface area contributed by atoms with Gasteiger partial charge in [-0.3, -0.25) is 9.52 Å². The molecule has 0 saturated carbocycles. The van der Waals surface area contributed by atoms with Gasteiger partial charge in [-0.05, 0) is 35.2 Å². The molecule has 1 aliphatic heterocycles. The zero-order chi connectivity index (χ0) is 29.0. The number of aromatic nitrogens is 2. The van der Waals surface area contributed by atoms with Crippen LogP contribution < -0.4 is 15.4 Å². The van der Waals surface area contributed by atoms with Gasteiger partial charge in [-0.1, -0.05) is 66.7 Å². The average Bonchev–Trinajstić information content (AvgIpc) is 3.52. The maximum absolute atomic E-state index is 13.2. The molecule has 1 fully saturated rings. The molecule has 1 aromatic heterocycles. The van der Waals surface area contributed by atoms with Gasteiger partial charge >= 0.3 is 12.0 Å². The quantitative estimate of drug-likeness (QED) is 0.223. The Kier molecular flexibility index (Phi) is 8.02. The smallest absolute Gasteiger partial charge is 0.328 e. The van der Waals surface area contributed by atoms with E-state index in [2.05, 4.69) is 20.6 Å². The van der Waals surface area contributed by atoms with E-state index in [1.807, 2.05) is 59.3 Å². The summed E-state index contributed by atoms with van der Waals surface area (Å²) < 4.78 is 31.5. The van der Waals surface area contributed by atoms with Gasteiger partial charge in [0.25, 0.3) is 0 Å². The Morgan fingerprint density at radius 2 is 1.63 bits per heavy atom. The number of fused-ring (bicyclic) bond motifs is 1. The zero-order valence-electron chi connectivity index (χ0n) is 22.2. The van der Waals surface area contributed by atoms with Crippen molar-refractivity contribution >= 4 is 39.0 Å². The summed E-state index contributed by atoms with van der Waals surface area (Å²) in [4.78, 5) is 45.2. The standard InChI is InChI=1S/C29H29N5O6S/c1-40-28(36)24(16-18-7-3-2-4-8-18)33-29(37)32-23(27-30-21-9-5-6-10-22(21)31-27)15-19-11-13-20(14-12-19)25-17-26(35)34-41(25,38)39/h2-14,23-25H,15-17H2,1H3,(H,30,31)(H,34,35)(H2,32,33,37)/t23-,24-,25?/m0/s1. The number of urea groups is 1. The molecule has 3 aromatic carbocycles. The number of H-pyrrole nitrogens is 1. The zero-order valence-corrected chi connectivity index (χ0v) is 23.0. The van der Waals surface area contributed by atoms with E-state index in [0.29, 0.717) is 17.8 Å². The molecule has 0 radical (unpaired) electrons. The number of nitrogens with zero attached hydrogens (tertiary/aromatic N) is 1. The van der Waals surface area contributed by atoms with Crippen molar-refractivity contribution in [2.75, 3.05) is 7.11 Å². The van der Waals surface area contributed by atoms with Crippen LogP contribution in [0.5, 0.6) is 0 Å². The van der Waals surface area contributed by atoms with Gasteiger partial charge < -0.3 is 20.4 Å². The lowest BCUT2D eigenvalue weighted by Gasteiger charge is -2.21. The van der Waals surface area contributed by atoms with E-state index in [4.69, 9.17) is 4.74 Å². The molecule has 3 atom stereocenters. The van der Waals surface area contributed by atoms with Crippen LogP contribution in [0.4, 0.5) is 4.79 Å². The molecule has 4 aromatic rings. The van der Waals surface area contributed by atoms with E-state index in [1.165, 1.54) is 7.11 Å². The molecule has 0 spiro atoms. The molecule has 12 heteroatoms. The van der Waals surface area contributed by atoms with E-state index in [1.54, 1.807) is 24.3 Å². The minimum absolute atomic E-state index is 0.130. The van der Waals surface area contributed by atoms with Crippen LogP contribution in [-0.2, 0) is 37.2 Å². The number of ether oxygens (including phenoxy) is 1. The lowest BCUT2D eigenvalue weighted by atomic mass is 10.0. The highest BCUT2D eigenvalue weighted by Gasteiger charge is 2.37. The van der Waals surface area contributed by atoms with Crippen molar-refractivity contribution in [2.24, 2.45) is 0 Å². The summed E-state index contributed by atoms with van der Waals surface area (Å²) in [7, 11) is -2.49. The van der Waals surface area contributed by atoms with Gasteiger partial charge in [0, 0.05) is 6.42 Å². The average molecular weight is 576 g/mol. The van der Waals surface area contributed by atoms with Crippen LogP contribution in [0.2, 0.25) is 0 Å². The van der Waals surface area contributed by atoms with Crippen LogP contribution in [0.3, 0.4) is 0 Å². The fourth-order valence-electron chi connectivity index (χ4n) is 4.85. The number of amides is 3. The second-order valence-electron chi connectivity index (χ2n) is 9.78. The van der Waals surface area contributed by atoms with Crippen molar-refractivity contribution in [1.29, 1.82) is 0 Å². The van der Waals surface area contributed by atoms with E-state index >= 15 is 0 Å². The number of carbonyl (C=O) groups excluding carboxylic acids is 3. The van der Waals surface area contributed by atoms with Crippen LogP contribution in [0.15, 0.2) is 78.9 Å². The van der Waals surface area contributed by atoms with Gasteiger partial charge in [-0.2, -0.15) is 0 Å². The molecule has 212 valence electrons. The Morgan fingerprint density at radius 3 is 2.29 bits per heavy atom. The molecular formula is C29H29N5O6S. The first-order chi connectivity index (χ1) is 19.7. The molecule has 11 nitrogen and oxygen atoms in total. The molecule has 1 saturated heterocycles. The second-order valence-corrected chi connectivity index (χ2v) is 11.6. The number of esters is 1. The van der Waals surface area contributed by atoms with Crippen molar-refractivity contribution in [3.8, 4) is 0 Å². The van der Waals surface area contributed by atoms with E-state index in [9.17, 15) is 22.8 Å². The summed E-state index contributed by atoms with van der Waals surface area (Å²) in [5.41, 5.74) is 3.68. The van der Waals surface area contributed by atoms with E-state index in [0.717, 1.165) is 22.2 Å². The van der Waals surface area contributed by atoms with Crippen molar-refractivity contribution in [1.82, 2.24) is 25.3 Å². The molecule has 5 rings (SSSR count). The number of rotatable bonds is 9. The number of carbonyl (C=O) groups is 3. The molecule has 1 unspecified atom stereocenters. The fraction of sp³-hybridized carbons (Fsp3) is 0.241. The summed E-state index contributed by atoms with van der Waals surface area (Å²) >= 11 is 0. The number of benzene rings is 3. The van der Waals surface area contributed by atoms with Crippen molar-refractivity contribution in [3.63, 3.8) is 0 Å². The normalized spacial score (nSPS) is 17.4. The molecule has 0 aliphatic carbocycles. The highest BCUT2D eigenvalue weighted by molar-refractivity contribution is 7.90. The third-order valence-electron chi connectivity index (χ3n) is 6.91. The molecule has 2 heterocycles. The van der Waals surface area contributed by atoms with Gasteiger partial charge in [0.05, 0.1) is 30.6 Å². The highest BCUT2D eigenvalue weighted by atomic mass is 32.2. The van der Waals surface area contributed by atoms with Gasteiger partial charge in [0.2, 0.25) is 15.9 Å². The first kappa shape index (κ1) is 27.8. The number of imidazole rings is 1. The van der Waals surface area contributed by atoms with Crippen LogP contribution >= 0.6 is 0 Å². The summed E-state index contributed by atoms with van der Waals surface area (Å²) in [6.07, 6.45) is 0.429. The molecule has 3 amide bonds. The fourth-order valence-corrected chi connectivity index (χ4v) is 6.28. The van der Waals surface area contributed by atoms with Gasteiger partial charge in [0.1, 0.15) is 17.1 Å². The Labute approximate surface area is 236 Å². The van der Waals surface area contributed by atoms with Gasteiger partial charge in [-0.15, -0.1) is 0 Å². The minimum atomic E-state index is -3.76. The Bertz CT molecular complexity index is 1640. The van der Waals surface area contributed by atoms with Crippen molar-refractivity contribution in [3.05, 3.63) is 101 Å². The van der Waals surface area contributed by atoms with Gasteiger partial charge in [0.15, 0.2) is 0 Å². The largest absolute Gasteiger partial charge is 0.467 e. The molecule has 1 aliphatic rings. The molecule has 4 N–H and O–H groups in total. The molecule has 41 heavy (non-hydrogen) atoms. The van der Waals surface area contributed by atoms with E-state index in [-0.39, 0.29) is 12.8 Å². The number of methoxy groups -OCH3 is 1. The summed E-state index contributed by atoms with van der Waals surface area (Å²) in [6, 6.07) is 21.5. The van der Waals surface area contributed by atoms with Crippen LogP contribution in [-0.4, -0.2) is 49.4 Å². The number of hydrogen-bond acceptors (Lipinski definition) is 7. The number of sulfonamides is 1. The third kappa shape index (κ3) is 6.55. The van der Waals surface area contributed by atoms with Crippen LogP contribution in [0.25, 0.3) is 11.0 Å². The predicted molar refractivity (Wildman–Crippen MR) is 151 cm³/mol. The lowest BCUT2D eigenvalue weighted by Crippen LogP contribution is -2.48. The first-order valence-electron chi connectivity index (χ1n) is 13.0. The SMILES string of the molecule is COC(=O)[C@H](Cc1ccccc1)NC(=O)N[C@@H](Cc1ccc(C2CC(=O)NS2(=O)=O)cc1)c1nc2ccccc2[nH]1. The Balaban J connectivity index is 1.36. The summed E-state index contributed by atoms with van der Waals surface area (Å²) in [6.45, 7) is 0. The second kappa shape index (κ2) is 11.8.